The van der Waals surface area contributed by atoms with Crippen LogP contribution in [0.25, 0.3) is 0 Å². The Labute approximate surface area is 116 Å². The van der Waals surface area contributed by atoms with Gasteiger partial charge in [-0.15, -0.1) is 0 Å². The molecule has 0 aliphatic carbocycles. The average molecular weight is 314 g/mol. The van der Waals surface area contributed by atoms with Crippen LogP contribution in [-0.2, 0) is 4.79 Å². The van der Waals surface area contributed by atoms with Crippen molar-refractivity contribution in [2.24, 2.45) is 11.1 Å². The predicted octanol–water partition coefficient (Wildman–Crippen LogP) is 2.94. The van der Waals surface area contributed by atoms with Gasteiger partial charge in [-0.1, -0.05) is 13.8 Å². The lowest BCUT2D eigenvalue weighted by Gasteiger charge is -2.23. The van der Waals surface area contributed by atoms with E-state index in [-0.39, 0.29) is 11.3 Å². The van der Waals surface area contributed by atoms with Crippen molar-refractivity contribution < 1.29 is 4.79 Å². The minimum absolute atomic E-state index is 0.00470. The number of aromatic nitrogens is 1. The van der Waals surface area contributed by atoms with Gasteiger partial charge < -0.3 is 11.1 Å². The third-order valence-corrected chi connectivity index (χ3v) is 3.31. The first-order valence-electron chi connectivity index (χ1n) is 6.04. The van der Waals surface area contributed by atoms with Crippen molar-refractivity contribution in [1.29, 1.82) is 0 Å². The van der Waals surface area contributed by atoms with E-state index in [1.165, 1.54) is 0 Å². The zero-order valence-corrected chi connectivity index (χ0v) is 12.5. The smallest absolute Gasteiger partial charge is 0.225 e. The number of carbonyl (C=O) groups excluding carboxylic acids is 1. The number of amides is 1. The van der Waals surface area contributed by atoms with E-state index >= 15 is 0 Å². The molecule has 1 heterocycles. The molecule has 0 unspecified atom stereocenters. The van der Waals surface area contributed by atoms with Gasteiger partial charge in [-0.3, -0.25) is 4.79 Å². The first-order valence-corrected chi connectivity index (χ1v) is 6.84. The van der Waals surface area contributed by atoms with Crippen LogP contribution in [0.3, 0.4) is 0 Å². The number of rotatable bonds is 6. The molecule has 18 heavy (non-hydrogen) atoms. The van der Waals surface area contributed by atoms with E-state index in [1.807, 2.05) is 6.07 Å². The largest absolute Gasteiger partial charge is 0.330 e. The molecule has 0 aliphatic heterocycles. The maximum atomic E-state index is 11.8. The van der Waals surface area contributed by atoms with Gasteiger partial charge in [-0.2, -0.15) is 0 Å². The van der Waals surface area contributed by atoms with Gasteiger partial charge in [0.2, 0.25) is 5.91 Å². The van der Waals surface area contributed by atoms with Gasteiger partial charge in [0.05, 0.1) is 0 Å². The van der Waals surface area contributed by atoms with Crippen LogP contribution in [0.15, 0.2) is 22.8 Å². The standard InChI is InChI=1S/C13H20BrN3O/c1-13(2,7-8-15)6-5-12(18)17-11-4-3-10(14)9-16-11/h3-4,9H,5-8,15H2,1-2H3,(H,16,17,18). The molecule has 0 atom stereocenters. The zero-order chi connectivity index (χ0) is 13.6. The summed E-state index contributed by atoms with van der Waals surface area (Å²) in [4.78, 5) is 15.9. The molecule has 4 nitrogen and oxygen atoms in total. The maximum Gasteiger partial charge on any atom is 0.225 e. The molecule has 0 fully saturated rings. The Balaban J connectivity index is 2.40. The van der Waals surface area contributed by atoms with Gasteiger partial charge in [-0.25, -0.2) is 4.98 Å². The molecule has 0 saturated heterocycles. The van der Waals surface area contributed by atoms with Gasteiger partial charge >= 0.3 is 0 Å². The summed E-state index contributed by atoms with van der Waals surface area (Å²) in [5.74, 6) is 0.578. The van der Waals surface area contributed by atoms with Crippen LogP contribution in [0, 0.1) is 5.41 Å². The number of carbonyl (C=O) groups is 1. The summed E-state index contributed by atoms with van der Waals surface area (Å²) in [6.07, 6.45) is 3.90. The van der Waals surface area contributed by atoms with E-state index in [0.29, 0.717) is 18.8 Å². The number of anilines is 1. The van der Waals surface area contributed by atoms with E-state index in [4.69, 9.17) is 5.73 Å². The molecule has 0 bridgehead atoms. The lowest BCUT2D eigenvalue weighted by Crippen LogP contribution is -2.20. The number of halogens is 1. The van der Waals surface area contributed by atoms with Gasteiger partial charge in [-0.05, 0) is 52.9 Å². The highest BCUT2D eigenvalue weighted by molar-refractivity contribution is 9.10. The Morgan fingerprint density at radius 2 is 2.17 bits per heavy atom. The molecule has 3 N–H and O–H groups in total. The molecule has 0 radical (unpaired) electrons. The molecule has 0 aromatic carbocycles. The van der Waals surface area contributed by atoms with Crippen molar-refractivity contribution in [3.8, 4) is 0 Å². The van der Waals surface area contributed by atoms with E-state index in [1.54, 1.807) is 12.3 Å². The SMILES string of the molecule is CC(C)(CCN)CCC(=O)Nc1ccc(Br)cn1. The number of nitrogens with one attached hydrogen (secondary N) is 1. The van der Waals surface area contributed by atoms with Gasteiger partial charge in [0.25, 0.3) is 0 Å². The monoisotopic (exact) mass is 313 g/mol. The third kappa shape index (κ3) is 5.60. The highest BCUT2D eigenvalue weighted by atomic mass is 79.9. The summed E-state index contributed by atoms with van der Waals surface area (Å²) < 4.78 is 0.893. The van der Waals surface area contributed by atoms with E-state index in [9.17, 15) is 4.79 Å². The molecule has 100 valence electrons. The van der Waals surface area contributed by atoms with Crippen LogP contribution in [0.1, 0.15) is 33.1 Å². The number of pyridine rings is 1. The van der Waals surface area contributed by atoms with Crippen LogP contribution in [0.5, 0.6) is 0 Å². The number of nitrogens with two attached hydrogens (primary N) is 1. The van der Waals surface area contributed by atoms with Crippen molar-refractivity contribution in [3.63, 3.8) is 0 Å². The fraction of sp³-hybridized carbons (Fsp3) is 0.538. The van der Waals surface area contributed by atoms with Gasteiger partial charge in [0.15, 0.2) is 0 Å². The summed E-state index contributed by atoms with van der Waals surface area (Å²) in [6, 6.07) is 3.62. The van der Waals surface area contributed by atoms with Crippen LogP contribution in [0.4, 0.5) is 5.82 Å². The lowest BCUT2D eigenvalue weighted by atomic mass is 9.84. The molecule has 0 spiro atoms. The number of nitrogens with zero attached hydrogens (tertiary/aromatic N) is 1. The molecule has 1 aromatic heterocycles. The normalized spacial score (nSPS) is 11.3. The van der Waals surface area contributed by atoms with Crippen LogP contribution < -0.4 is 11.1 Å². The summed E-state index contributed by atoms with van der Waals surface area (Å²) in [5.41, 5.74) is 5.65. The van der Waals surface area contributed by atoms with Crippen molar-refractivity contribution >= 4 is 27.7 Å². The molecule has 0 saturated carbocycles. The molecule has 1 rings (SSSR count). The summed E-state index contributed by atoms with van der Waals surface area (Å²) >= 11 is 3.30. The molecule has 1 aromatic rings. The Morgan fingerprint density at radius 3 is 2.72 bits per heavy atom. The van der Waals surface area contributed by atoms with Crippen molar-refractivity contribution in [3.05, 3.63) is 22.8 Å². The van der Waals surface area contributed by atoms with E-state index in [0.717, 1.165) is 17.3 Å². The minimum atomic E-state index is -0.00470. The second kappa shape index (κ2) is 6.85. The fourth-order valence-electron chi connectivity index (χ4n) is 1.62. The average Bonchev–Trinajstić information content (AvgIpc) is 2.30. The van der Waals surface area contributed by atoms with Gasteiger partial charge in [0, 0.05) is 17.1 Å². The first kappa shape index (κ1) is 15.1. The number of hydrogen-bond donors (Lipinski definition) is 2. The van der Waals surface area contributed by atoms with Crippen LogP contribution in [0.2, 0.25) is 0 Å². The molecular weight excluding hydrogens is 294 g/mol. The Kier molecular flexibility index (Phi) is 5.75. The van der Waals surface area contributed by atoms with Crippen LogP contribution in [-0.4, -0.2) is 17.4 Å². The second-order valence-electron chi connectivity index (χ2n) is 5.11. The van der Waals surface area contributed by atoms with Crippen molar-refractivity contribution in [2.45, 2.75) is 33.1 Å². The fourth-order valence-corrected chi connectivity index (χ4v) is 1.86. The topological polar surface area (TPSA) is 68.0 Å². The molecule has 1 amide bonds. The summed E-state index contributed by atoms with van der Waals surface area (Å²) in [7, 11) is 0. The predicted molar refractivity (Wildman–Crippen MR) is 77.3 cm³/mol. The highest BCUT2D eigenvalue weighted by Gasteiger charge is 2.18. The molecule has 5 heteroatoms. The number of hydrogen-bond acceptors (Lipinski definition) is 3. The molecule has 0 aliphatic rings. The van der Waals surface area contributed by atoms with E-state index in [2.05, 4.69) is 40.1 Å². The zero-order valence-electron chi connectivity index (χ0n) is 10.9. The van der Waals surface area contributed by atoms with Crippen LogP contribution >= 0.6 is 15.9 Å². The second-order valence-corrected chi connectivity index (χ2v) is 6.03. The Morgan fingerprint density at radius 1 is 1.44 bits per heavy atom. The third-order valence-electron chi connectivity index (χ3n) is 2.84. The first-order chi connectivity index (χ1) is 8.43. The molecular formula is C13H20BrN3O. The highest BCUT2D eigenvalue weighted by Crippen LogP contribution is 2.26. The summed E-state index contributed by atoms with van der Waals surface area (Å²) in [6.45, 7) is 4.92. The minimum Gasteiger partial charge on any atom is -0.330 e. The Hall–Kier alpha value is -0.940. The van der Waals surface area contributed by atoms with E-state index < -0.39 is 0 Å². The quantitative estimate of drug-likeness (QED) is 0.848. The maximum absolute atomic E-state index is 11.8. The Bertz CT molecular complexity index is 390. The summed E-state index contributed by atoms with van der Waals surface area (Å²) in [5, 5.41) is 2.78. The van der Waals surface area contributed by atoms with Gasteiger partial charge in [0.1, 0.15) is 5.82 Å². The van der Waals surface area contributed by atoms with Crippen molar-refractivity contribution in [1.82, 2.24) is 4.98 Å². The van der Waals surface area contributed by atoms with Crippen molar-refractivity contribution in [2.75, 3.05) is 11.9 Å². The lowest BCUT2D eigenvalue weighted by molar-refractivity contribution is -0.116.